The van der Waals surface area contributed by atoms with Crippen LogP contribution in [0.1, 0.15) is 34.7 Å². The van der Waals surface area contributed by atoms with Crippen molar-refractivity contribution in [3.8, 4) is 6.07 Å². The van der Waals surface area contributed by atoms with E-state index in [1.54, 1.807) is 12.1 Å². The van der Waals surface area contributed by atoms with Gasteiger partial charge >= 0.3 is 6.18 Å². The van der Waals surface area contributed by atoms with Gasteiger partial charge < -0.3 is 15.1 Å². The van der Waals surface area contributed by atoms with Crippen LogP contribution in [0.5, 0.6) is 0 Å². The highest BCUT2D eigenvalue weighted by molar-refractivity contribution is 6.31. The molecule has 0 spiro atoms. The normalized spacial score (nSPS) is 15.5. The highest BCUT2D eigenvalue weighted by atomic mass is 35.5. The lowest BCUT2D eigenvalue weighted by atomic mass is 10.1. The van der Waals surface area contributed by atoms with Crippen LogP contribution in [0.25, 0.3) is 11.1 Å². The molecule has 1 fully saturated rings. The molecule has 4 rings (SSSR count). The van der Waals surface area contributed by atoms with Gasteiger partial charge in [0.15, 0.2) is 11.5 Å². The highest BCUT2D eigenvalue weighted by Crippen LogP contribution is 2.36. The smallest absolute Gasteiger partial charge is 0.420 e. The SMILES string of the molecule is N#CC1(NC(=O)C(Cc2nc3cccc(C(F)(F)F)c3o2)NC(=O)c2cccc(Cl)c2)CC1. The molecule has 3 aromatic rings. The molecule has 33 heavy (non-hydrogen) atoms. The van der Waals surface area contributed by atoms with Gasteiger partial charge in [0.05, 0.1) is 12.5 Å². The number of oxazole rings is 1. The lowest BCUT2D eigenvalue weighted by molar-refractivity contribution is -0.136. The zero-order valence-electron chi connectivity index (χ0n) is 16.9. The maximum absolute atomic E-state index is 13.3. The Morgan fingerprint density at radius 2 is 1.97 bits per heavy atom. The molecule has 2 aromatic carbocycles. The van der Waals surface area contributed by atoms with Crippen molar-refractivity contribution in [2.75, 3.05) is 0 Å². The Bertz CT molecular complexity index is 1280. The molecule has 1 aliphatic rings. The molecule has 1 atom stereocenters. The summed E-state index contributed by atoms with van der Waals surface area (Å²) in [6, 6.07) is 10.2. The molecule has 1 aromatic heterocycles. The molecule has 2 amide bonds. The number of para-hydroxylation sites is 1. The monoisotopic (exact) mass is 476 g/mol. The molecule has 11 heteroatoms. The van der Waals surface area contributed by atoms with Gasteiger partial charge in [-0.25, -0.2) is 4.98 Å². The lowest BCUT2D eigenvalue weighted by Crippen LogP contribution is -2.51. The first-order valence-corrected chi connectivity index (χ1v) is 10.2. The Labute approximate surface area is 190 Å². The summed E-state index contributed by atoms with van der Waals surface area (Å²) in [4.78, 5) is 29.6. The van der Waals surface area contributed by atoms with Crippen molar-refractivity contribution in [1.29, 1.82) is 5.26 Å². The summed E-state index contributed by atoms with van der Waals surface area (Å²) >= 11 is 5.92. The summed E-state index contributed by atoms with van der Waals surface area (Å²) in [5, 5.41) is 14.7. The van der Waals surface area contributed by atoms with Crippen LogP contribution in [-0.2, 0) is 17.4 Å². The molecule has 0 aliphatic heterocycles. The van der Waals surface area contributed by atoms with Crippen LogP contribution in [-0.4, -0.2) is 28.4 Å². The number of amides is 2. The molecule has 0 radical (unpaired) electrons. The van der Waals surface area contributed by atoms with E-state index in [0.29, 0.717) is 17.9 Å². The molecule has 7 nitrogen and oxygen atoms in total. The minimum absolute atomic E-state index is 0.0316. The molecule has 0 bridgehead atoms. The number of nitrogens with zero attached hydrogens (tertiary/aromatic N) is 2. The van der Waals surface area contributed by atoms with E-state index in [4.69, 9.17) is 16.0 Å². The van der Waals surface area contributed by atoms with Crippen molar-refractivity contribution in [2.45, 2.75) is 37.0 Å². The third-order valence-electron chi connectivity index (χ3n) is 5.18. The van der Waals surface area contributed by atoms with E-state index in [1.807, 2.05) is 6.07 Å². The molecule has 2 N–H and O–H groups in total. The van der Waals surface area contributed by atoms with Crippen molar-refractivity contribution in [3.63, 3.8) is 0 Å². The predicted molar refractivity (Wildman–Crippen MR) is 111 cm³/mol. The number of hydrogen-bond donors (Lipinski definition) is 2. The highest BCUT2D eigenvalue weighted by Gasteiger charge is 2.46. The van der Waals surface area contributed by atoms with Gasteiger partial charge in [-0.1, -0.05) is 23.7 Å². The molecular weight excluding hydrogens is 461 g/mol. The summed E-state index contributed by atoms with van der Waals surface area (Å²) < 4.78 is 45.2. The number of carbonyl (C=O) groups is 2. The predicted octanol–water partition coefficient (Wildman–Crippen LogP) is 4.01. The first-order valence-electron chi connectivity index (χ1n) is 9.85. The number of nitriles is 1. The van der Waals surface area contributed by atoms with Crippen molar-refractivity contribution >= 4 is 34.5 Å². The Morgan fingerprint density at radius 1 is 1.24 bits per heavy atom. The van der Waals surface area contributed by atoms with E-state index in [-0.39, 0.29) is 23.4 Å². The third-order valence-corrected chi connectivity index (χ3v) is 5.41. The molecule has 1 heterocycles. The van der Waals surface area contributed by atoms with Crippen molar-refractivity contribution in [1.82, 2.24) is 15.6 Å². The Morgan fingerprint density at radius 3 is 2.61 bits per heavy atom. The van der Waals surface area contributed by atoms with Crippen LogP contribution < -0.4 is 10.6 Å². The second-order valence-corrected chi connectivity index (χ2v) is 8.12. The van der Waals surface area contributed by atoms with Crippen LogP contribution in [0.4, 0.5) is 13.2 Å². The van der Waals surface area contributed by atoms with Gasteiger partial charge in [-0.05, 0) is 43.2 Å². The lowest BCUT2D eigenvalue weighted by Gasteiger charge is -2.19. The molecule has 0 saturated heterocycles. The van der Waals surface area contributed by atoms with Crippen LogP contribution in [0.15, 0.2) is 46.9 Å². The van der Waals surface area contributed by atoms with Crippen LogP contribution in [0.3, 0.4) is 0 Å². The number of alkyl halides is 3. The van der Waals surface area contributed by atoms with Gasteiger partial charge in [0, 0.05) is 10.6 Å². The number of fused-ring (bicyclic) bond motifs is 1. The van der Waals surface area contributed by atoms with Crippen molar-refractivity contribution in [3.05, 3.63) is 64.5 Å². The van der Waals surface area contributed by atoms with Crippen molar-refractivity contribution < 1.29 is 27.2 Å². The topological polar surface area (TPSA) is 108 Å². The fourth-order valence-electron chi connectivity index (χ4n) is 3.27. The number of benzene rings is 2. The number of nitrogens with one attached hydrogen (secondary N) is 2. The second-order valence-electron chi connectivity index (χ2n) is 7.68. The average Bonchev–Trinajstić information content (AvgIpc) is 3.41. The fourth-order valence-corrected chi connectivity index (χ4v) is 3.46. The zero-order chi connectivity index (χ0) is 23.8. The number of hydrogen-bond acceptors (Lipinski definition) is 5. The largest absolute Gasteiger partial charge is 0.440 e. The minimum atomic E-state index is -4.65. The minimum Gasteiger partial charge on any atom is -0.440 e. The Hall–Kier alpha value is -3.58. The number of halogens is 4. The molecular formula is C22H16ClF3N4O3. The third kappa shape index (κ3) is 4.93. The van der Waals surface area contributed by atoms with E-state index in [0.717, 1.165) is 6.07 Å². The number of carbonyl (C=O) groups excluding carboxylic acids is 2. The Balaban J connectivity index is 1.62. The second kappa shape index (κ2) is 8.41. The molecule has 1 unspecified atom stereocenters. The average molecular weight is 477 g/mol. The van der Waals surface area contributed by atoms with E-state index >= 15 is 0 Å². The summed E-state index contributed by atoms with van der Waals surface area (Å²) in [7, 11) is 0. The van der Waals surface area contributed by atoms with E-state index in [9.17, 15) is 28.0 Å². The van der Waals surface area contributed by atoms with Gasteiger partial charge in [0.2, 0.25) is 5.91 Å². The molecule has 1 saturated carbocycles. The van der Waals surface area contributed by atoms with Gasteiger partial charge in [0.25, 0.3) is 5.91 Å². The molecule has 170 valence electrons. The maximum Gasteiger partial charge on any atom is 0.420 e. The summed E-state index contributed by atoms with van der Waals surface area (Å²) in [6.07, 6.45) is -4.06. The quantitative estimate of drug-likeness (QED) is 0.559. The van der Waals surface area contributed by atoms with Crippen LogP contribution >= 0.6 is 11.6 Å². The molecule has 1 aliphatic carbocycles. The van der Waals surface area contributed by atoms with Gasteiger partial charge in [0.1, 0.15) is 22.7 Å². The van der Waals surface area contributed by atoms with Crippen molar-refractivity contribution in [2.24, 2.45) is 0 Å². The van der Waals surface area contributed by atoms with E-state index in [2.05, 4.69) is 15.6 Å². The number of aromatic nitrogens is 1. The summed E-state index contributed by atoms with van der Waals surface area (Å²) in [5.74, 6) is -1.48. The van der Waals surface area contributed by atoms with E-state index in [1.165, 1.54) is 24.3 Å². The summed E-state index contributed by atoms with van der Waals surface area (Å²) in [5.41, 5.74) is -2.32. The fraction of sp³-hybridized carbons (Fsp3) is 0.273. The first-order chi connectivity index (χ1) is 15.6. The van der Waals surface area contributed by atoms with Gasteiger partial charge in [-0.15, -0.1) is 0 Å². The van der Waals surface area contributed by atoms with Crippen LogP contribution in [0.2, 0.25) is 5.02 Å². The maximum atomic E-state index is 13.3. The standard InChI is InChI=1S/C22H16ClF3N4O3/c23-13-4-1-3-12(9-13)19(31)29-16(20(32)30-21(11-27)7-8-21)10-17-28-15-6-2-5-14(18(15)33-17)22(24,25)26/h1-6,9,16H,7-8,10H2,(H,29,31)(H,30,32). The van der Waals surface area contributed by atoms with Gasteiger partial charge in [-0.3, -0.25) is 9.59 Å². The van der Waals surface area contributed by atoms with Crippen LogP contribution in [0, 0.1) is 11.3 Å². The Kier molecular flexibility index (Phi) is 5.76. The number of rotatable bonds is 6. The zero-order valence-corrected chi connectivity index (χ0v) is 17.6. The summed E-state index contributed by atoms with van der Waals surface area (Å²) in [6.45, 7) is 0. The first kappa shape index (κ1) is 22.6. The van der Waals surface area contributed by atoms with Gasteiger partial charge in [-0.2, -0.15) is 18.4 Å². The van der Waals surface area contributed by atoms with E-state index < -0.39 is 40.7 Å².